The summed E-state index contributed by atoms with van der Waals surface area (Å²) in [5.74, 6) is -0.225. The Hall–Kier alpha value is -3.95. The molecule has 0 aromatic carbocycles. The number of nitrogens with one attached hydrogen (secondary N) is 1. The third-order valence-corrected chi connectivity index (χ3v) is 19.7. The number of aliphatic hydroxyl groups excluding tert-OH is 3. The lowest BCUT2D eigenvalue weighted by atomic mass is 9.46. The predicted molar refractivity (Wildman–Crippen MR) is 263 cm³/mol. The Morgan fingerprint density at radius 1 is 0.930 bits per heavy atom. The SMILES string of the molecule is C=C1/C(=C\C=C2/CCCC3(C)C2CCC3C(C)/C=C/C(O)C2CC2)CC(OC(=O)CCC/C(C)=N/NC(=O)CCC(=O)OC2C(C(C)C)C(O)C3OC34C3(C)CCC5=C(COC5=O)C3CC3OC324)CC1O. The van der Waals surface area contributed by atoms with Crippen LogP contribution in [0.25, 0.3) is 0 Å². The molecule has 0 bridgehead atoms. The van der Waals surface area contributed by atoms with Gasteiger partial charge in [0, 0.05) is 48.3 Å². The average Bonchev–Trinajstić information content (AvgIpc) is 4.27. The highest BCUT2D eigenvalue weighted by atomic mass is 16.7. The zero-order valence-electron chi connectivity index (χ0n) is 42.8. The van der Waals surface area contributed by atoms with E-state index in [4.69, 9.17) is 23.7 Å². The van der Waals surface area contributed by atoms with Crippen LogP contribution in [0.4, 0.5) is 0 Å². The zero-order chi connectivity index (χ0) is 50.4. The van der Waals surface area contributed by atoms with Crippen LogP contribution in [-0.4, -0.2) is 105 Å². The number of fused-ring (bicyclic) bond motifs is 3. The standard InChI is InChI=1S/C57H78N2O12/c1-30(2)49-50(65)52-57(71-52)55(7)25-23-38-39(29-67-53(38)66)42(55)28-45-56(57,70-45)51(49)69-48(64)22-21-46(62)59-58-32(4)10-8-12-47(63)68-37-26-36(33(5)44(61)27-37)17-14-34-11-9-24-54(6)40(18-19-41(34)54)31(3)13-20-43(60)35-15-16-35/h13-14,17,20,30-31,35,37,40-45,49-52,60-61,65H,5,8-12,15-16,18-19,21-29H2,1-4,6-7H3,(H,59,62)/b20-13+,34-14+,36-17-,58-32+. The Balaban J connectivity index is 0.678. The van der Waals surface area contributed by atoms with Crippen LogP contribution < -0.4 is 5.43 Å². The fraction of sp³-hybridized carbons (Fsp3) is 0.737. The van der Waals surface area contributed by atoms with Gasteiger partial charge in [0.15, 0.2) is 5.60 Å². The highest BCUT2D eigenvalue weighted by Gasteiger charge is 2.95. The predicted octanol–water partition coefficient (Wildman–Crippen LogP) is 7.59. The molecular formula is C57H78N2O12. The van der Waals surface area contributed by atoms with Crippen LogP contribution in [0.3, 0.4) is 0 Å². The molecule has 7 aliphatic carbocycles. The summed E-state index contributed by atoms with van der Waals surface area (Å²) in [4.78, 5) is 52.1. The molecule has 3 heterocycles. The minimum Gasteiger partial charge on any atom is -0.462 e. The number of epoxide rings is 2. The van der Waals surface area contributed by atoms with Gasteiger partial charge in [-0.2, -0.15) is 5.10 Å². The van der Waals surface area contributed by atoms with Gasteiger partial charge in [0.25, 0.3) is 0 Å². The van der Waals surface area contributed by atoms with Crippen molar-refractivity contribution in [3.05, 3.63) is 58.7 Å². The molecule has 2 saturated heterocycles. The first-order valence-electron chi connectivity index (χ1n) is 27.1. The zero-order valence-corrected chi connectivity index (χ0v) is 42.8. The van der Waals surface area contributed by atoms with Crippen molar-refractivity contribution in [2.24, 2.45) is 57.4 Å². The number of cyclic esters (lactones) is 1. The molecule has 16 unspecified atom stereocenters. The van der Waals surface area contributed by atoms with Crippen molar-refractivity contribution < 1.29 is 58.2 Å². The molecule has 10 aliphatic rings. The van der Waals surface area contributed by atoms with Crippen molar-refractivity contribution in [3.8, 4) is 0 Å². The second-order valence-electron chi connectivity index (χ2n) is 24.1. The van der Waals surface area contributed by atoms with E-state index in [0.717, 1.165) is 48.8 Å². The molecule has 2 spiro atoms. The van der Waals surface area contributed by atoms with Gasteiger partial charge in [-0.3, -0.25) is 14.4 Å². The topological polar surface area (TPSA) is 206 Å². The molecule has 1 amide bonds. The lowest BCUT2D eigenvalue weighted by molar-refractivity contribution is -0.178. The number of aliphatic hydroxyl groups is 3. The van der Waals surface area contributed by atoms with Crippen LogP contribution in [0.15, 0.2) is 63.8 Å². The largest absolute Gasteiger partial charge is 0.462 e. The van der Waals surface area contributed by atoms with Crippen molar-refractivity contribution in [2.75, 3.05) is 6.61 Å². The van der Waals surface area contributed by atoms with Gasteiger partial charge >= 0.3 is 17.9 Å². The Kier molecular flexibility index (Phi) is 13.6. The number of carbonyl (C=O) groups is 4. The minimum absolute atomic E-state index is 0.0111. The van der Waals surface area contributed by atoms with Gasteiger partial charge in [-0.25, -0.2) is 10.2 Å². The van der Waals surface area contributed by atoms with E-state index in [0.29, 0.717) is 79.9 Å². The summed E-state index contributed by atoms with van der Waals surface area (Å²) in [6.45, 7) is 17.2. The van der Waals surface area contributed by atoms with Crippen molar-refractivity contribution in [3.63, 3.8) is 0 Å². The average molecular weight is 983 g/mol. The van der Waals surface area contributed by atoms with E-state index in [2.05, 4.69) is 56.1 Å². The van der Waals surface area contributed by atoms with E-state index in [-0.39, 0.29) is 67.3 Å². The number of amides is 1. The molecular weight excluding hydrogens is 905 g/mol. The van der Waals surface area contributed by atoms with Crippen LogP contribution in [0.2, 0.25) is 0 Å². The number of allylic oxidation sites excluding steroid dienone is 4. The van der Waals surface area contributed by atoms with Crippen LogP contribution in [0, 0.1) is 52.3 Å². The van der Waals surface area contributed by atoms with Crippen molar-refractivity contribution in [1.82, 2.24) is 5.43 Å². The van der Waals surface area contributed by atoms with E-state index in [1.165, 1.54) is 18.4 Å². The second kappa shape index (κ2) is 19.1. The fourth-order valence-electron chi connectivity index (χ4n) is 15.6. The first-order chi connectivity index (χ1) is 33.8. The number of hydrazone groups is 1. The maximum absolute atomic E-state index is 13.6. The van der Waals surface area contributed by atoms with Gasteiger partial charge in [0.1, 0.15) is 30.5 Å². The first-order valence-corrected chi connectivity index (χ1v) is 27.1. The van der Waals surface area contributed by atoms with Gasteiger partial charge in [-0.1, -0.05) is 71.1 Å². The number of esters is 3. The van der Waals surface area contributed by atoms with Crippen molar-refractivity contribution in [2.45, 2.75) is 205 Å². The van der Waals surface area contributed by atoms with E-state index in [1.54, 1.807) is 6.92 Å². The summed E-state index contributed by atoms with van der Waals surface area (Å²) in [6, 6.07) is 0. The molecule has 14 heteroatoms. The van der Waals surface area contributed by atoms with Gasteiger partial charge in [-0.05, 0) is 142 Å². The summed E-state index contributed by atoms with van der Waals surface area (Å²) in [6.07, 6.45) is 16.0. The number of rotatable bonds is 16. The molecule has 388 valence electrons. The van der Waals surface area contributed by atoms with E-state index in [9.17, 15) is 34.5 Å². The Morgan fingerprint density at radius 2 is 1.70 bits per heavy atom. The summed E-state index contributed by atoms with van der Waals surface area (Å²) >= 11 is 0. The monoisotopic (exact) mass is 983 g/mol. The third-order valence-electron chi connectivity index (χ3n) is 19.7. The fourth-order valence-corrected chi connectivity index (χ4v) is 15.6. The van der Waals surface area contributed by atoms with Crippen LogP contribution in [-0.2, 0) is 42.9 Å². The quantitative estimate of drug-likeness (QED) is 0.0295. The Labute approximate surface area is 419 Å². The van der Waals surface area contributed by atoms with E-state index >= 15 is 0 Å². The summed E-state index contributed by atoms with van der Waals surface area (Å²) in [7, 11) is 0. The molecule has 8 fully saturated rings. The molecule has 4 N–H and O–H groups in total. The molecule has 0 aromatic heterocycles. The molecule has 14 nitrogen and oxygen atoms in total. The van der Waals surface area contributed by atoms with E-state index < -0.39 is 64.9 Å². The smallest absolute Gasteiger partial charge is 0.334 e. The maximum atomic E-state index is 13.6. The van der Waals surface area contributed by atoms with Crippen molar-refractivity contribution >= 4 is 29.5 Å². The lowest BCUT2D eigenvalue weighted by Gasteiger charge is -2.55. The number of ether oxygens (including phenoxy) is 5. The van der Waals surface area contributed by atoms with Gasteiger partial charge in [0.05, 0.1) is 30.8 Å². The molecule has 3 aliphatic heterocycles. The van der Waals surface area contributed by atoms with E-state index in [1.807, 2.05) is 19.9 Å². The van der Waals surface area contributed by atoms with Crippen LogP contribution >= 0.6 is 0 Å². The molecule has 0 aromatic rings. The van der Waals surface area contributed by atoms with Gasteiger partial charge < -0.3 is 39.0 Å². The molecule has 0 radical (unpaired) electrons. The number of hydrogen-bond donors (Lipinski definition) is 4. The number of carbonyl (C=O) groups excluding carboxylic acids is 4. The van der Waals surface area contributed by atoms with Gasteiger partial charge in [-0.15, -0.1) is 0 Å². The summed E-state index contributed by atoms with van der Waals surface area (Å²) in [5.41, 5.74) is 5.91. The maximum Gasteiger partial charge on any atom is 0.334 e. The third kappa shape index (κ3) is 8.74. The molecule has 16 atom stereocenters. The Morgan fingerprint density at radius 3 is 2.46 bits per heavy atom. The minimum atomic E-state index is -0.925. The number of hydrogen-bond acceptors (Lipinski definition) is 13. The molecule has 10 rings (SSSR count). The number of nitrogens with zero attached hydrogens (tertiary/aromatic N) is 1. The molecule has 6 saturated carbocycles. The summed E-state index contributed by atoms with van der Waals surface area (Å²) in [5, 5.41) is 37.5. The normalized spacial score (nSPS) is 42.1. The van der Waals surface area contributed by atoms with Crippen LogP contribution in [0.1, 0.15) is 151 Å². The first kappa shape index (κ1) is 50.6. The second-order valence-corrected chi connectivity index (χ2v) is 24.1. The Bertz CT molecular complexity index is 2350. The molecule has 71 heavy (non-hydrogen) atoms. The highest BCUT2D eigenvalue weighted by molar-refractivity contribution is 5.92. The lowest BCUT2D eigenvalue weighted by Crippen LogP contribution is -2.70. The highest BCUT2D eigenvalue weighted by Crippen LogP contribution is 2.79. The van der Waals surface area contributed by atoms with Gasteiger partial charge in [0.2, 0.25) is 5.91 Å². The summed E-state index contributed by atoms with van der Waals surface area (Å²) < 4.78 is 30.9. The van der Waals surface area contributed by atoms with Crippen molar-refractivity contribution in [1.29, 1.82) is 0 Å². The van der Waals surface area contributed by atoms with Crippen LogP contribution in [0.5, 0.6) is 0 Å².